The van der Waals surface area contributed by atoms with Gasteiger partial charge < -0.3 is 5.32 Å². The van der Waals surface area contributed by atoms with Crippen LogP contribution in [0.4, 0.5) is 4.39 Å². The van der Waals surface area contributed by atoms with Gasteiger partial charge in [0.2, 0.25) is 5.91 Å². The molecule has 3 unspecified atom stereocenters. The van der Waals surface area contributed by atoms with Gasteiger partial charge in [0.25, 0.3) is 0 Å². The Morgan fingerprint density at radius 1 is 1.16 bits per heavy atom. The Morgan fingerprint density at radius 2 is 1.88 bits per heavy atom. The summed E-state index contributed by atoms with van der Waals surface area (Å²) in [6, 6.07) is 6.95. The normalized spacial score (nSPS) is 35.0. The number of rotatable bonds is 3. The van der Waals surface area contributed by atoms with Crippen molar-refractivity contribution < 1.29 is 9.18 Å². The van der Waals surface area contributed by atoms with E-state index in [1.165, 1.54) is 18.9 Å². The minimum Gasteiger partial charge on any atom is -0.352 e. The van der Waals surface area contributed by atoms with Gasteiger partial charge in [-0.05, 0) is 66.5 Å². The number of carbonyl (C=O) groups excluding carboxylic acids is 1. The van der Waals surface area contributed by atoms with Crippen molar-refractivity contribution >= 4 is 5.91 Å². The van der Waals surface area contributed by atoms with Gasteiger partial charge in [-0.15, -0.1) is 0 Å². The minimum absolute atomic E-state index is 0.130. The van der Waals surface area contributed by atoms with Crippen LogP contribution >= 0.6 is 0 Å². The molecule has 3 atom stereocenters. The zero-order valence-corrected chi connectivity index (χ0v) is 15.7. The molecule has 3 saturated carbocycles. The third kappa shape index (κ3) is 2.30. The number of halogens is 1. The highest BCUT2D eigenvalue weighted by Gasteiger charge is 2.62. The number of hydrogen-bond donors (Lipinski definition) is 1. The number of fused-ring (bicyclic) bond motifs is 2. The highest BCUT2D eigenvalue weighted by molar-refractivity contribution is 5.89. The van der Waals surface area contributed by atoms with Crippen LogP contribution < -0.4 is 5.32 Å². The van der Waals surface area contributed by atoms with Crippen molar-refractivity contribution in [3.8, 4) is 0 Å². The van der Waals surface area contributed by atoms with Gasteiger partial charge in [-0.3, -0.25) is 4.79 Å². The van der Waals surface area contributed by atoms with Gasteiger partial charge >= 0.3 is 0 Å². The molecule has 0 spiro atoms. The van der Waals surface area contributed by atoms with Crippen molar-refractivity contribution in [1.82, 2.24) is 5.32 Å². The van der Waals surface area contributed by atoms with Gasteiger partial charge in [0.1, 0.15) is 5.82 Å². The van der Waals surface area contributed by atoms with Crippen LogP contribution in [0, 0.1) is 22.6 Å². The van der Waals surface area contributed by atoms with E-state index in [1.54, 1.807) is 12.1 Å². The smallest absolute Gasteiger partial charge is 0.230 e. The average Bonchev–Trinajstić information content (AvgIpc) is 3.19. The summed E-state index contributed by atoms with van der Waals surface area (Å²) in [4.78, 5) is 13.4. The molecule has 136 valence electrons. The van der Waals surface area contributed by atoms with E-state index in [1.807, 2.05) is 6.07 Å². The van der Waals surface area contributed by atoms with Crippen LogP contribution in [0.1, 0.15) is 71.3 Å². The van der Waals surface area contributed by atoms with Crippen LogP contribution in [-0.2, 0) is 10.2 Å². The van der Waals surface area contributed by atoms with E-state index in [-0.39, 0.29) is 28.6 Å². The minimum atomic E-state index is -0.537. The van der Waals surface area contributed by atoms with E-state index in [0.717, 1.165) is 37.7 Å². The number of benzene rings is 1. The molecule has 0 saturated heterocycles. The monoisotopic (exact) mass is 343 g/mol. The average molecular weight is 343 g/mol. The van der Waals surface area contributed by atoms with E-state index < -0.39 is 5.41 Å². The maximum Gasteiger partial charge on any atom is 0.230 e. The van der Waals surface area contributed by atoms with E-state index in [2.05, 4.69) is 26.1 Å². The van der Waals surface area contributed by atoms with Crippen molar-refractivity contribution in [2.24, 2.45) is 16.7 Å². The summed E-state index contributed by atoms with van der Waals surface area (Å²) >= 11 is 0. The van der Waals surface area contributed by atoms with Crippen molar-refractivity contribution in [3.05, 3.63) is 35.6 Å². The molecule has 4 rings (SSSR count). The lowest BCUT2D eigenvalue weighted by atomic mass is 9.68. The number of amides is 1. The molecule has 2 nitrogen and oxygen atoms in total. The van der Waals surface area contributed by atoms with Crippen molar-refractivity contribution in [1.29, 1.82) is 0 Å². The van der Waals surface area contributed by atoms with Crippen LogP contribution in [0.3, 0.4) is 0 Å². The summed E-state index contributed by atoms with van der Waals surface area (Å²) in [5, 5.41) is 3.45. The van der Waals surface area contributed by atoms with Gasteiger partial charge in [-0.1, -0.05) is 45.7 Å². The molecular weight excluding hydrogens is 313 g/mol. The molecule has 3 fully saturated rings. The van der Waals surface area contributed by atoms with E-state index in [9.17, 15) is 9.18 Å². The van der Waals surface area contributed by atoms with Crippen molar-refractivity contribution in [2.75, 3.05) is 0 Å². The van der Waals surface area contributed by atoms with Gasteiger partial charge in [0.15, 0.2) is 0 Å². The van der Waals surface area contributed by atoms with E-state index in [0.29, 0.717) is 5.92 Å². The molecule has 3 heteroatoms. The van der Waals surface area contributed by atoms with Crippen LogP contribution in [0.25, 0.3) is 0 Å². The highest BCUT2D eigenvalue weighted by Crippen LogP contribution is 2.65. The fraction of sp³-hybridized carbons (Fsp3) is 0.682. The second-order valence-electron chi connectivity index (χ2n) is 9.44. The Hall–Kier alpha value is -1.38. The molecule has 2 bridgehead atoms. The van der Waals surface area contributed by atoms with E-state index in [4.69, 9.17) is 0 Å². The van der Waals surface area contributed by atoms with Gasteiger partial charge in [-0.2, -0.15) is 0 Å². The zero-order valence-electron chi connectivity index (χ0n) is 15.7. The highest BCUT2D eigenvalue weighted by atomic mass is 19.1. The Morgan fingerprint density at radius 3 is 2.44 bits per heavy atom. The Kier molecular flexibility index (Phi) is 3.79. The fourth-order valence-corrected chi connectivity index (χ4v) is 6.13. The van der Waals surface area contributed by atoms with Crippen molar-refractivity contribution in [2.45, 2.75) is 77.2 Å². The first kappa shape index (κ1) is 17.1. The summed E-state index contributed by atoms with van der Waals surface area (Å²) in [6.07, 6.45) is 7.32. The molecule has 0 aliphatic heterocycles. The molecule has 1 aromatic carbocycles. The summed E-state index contributed by atoms with van der Waals surface area (Å²) < 4.78 is 13.8. The molecule has 25 heavy (non-hydrogen) atoms. The second-order valence-corrected chi connectivity index (χ2v) is 9.44. The maximum absolute atomic E-state index is 13.8. The summed E-state index contributed by atoms with van der Waals surface area (Å²) in [7, 11) is 0. The lowest BCUT2D eigenvalue weighted by Crippen LogP contribution is -2.52. The third-order valence-corrected chi connectivity index (χ3v) is 8.37. The zero-order chi connectivity index (χ0) is 17.9. The maximum atomic E-state index is 13.8. The molecule has 0 radical (unpaired) electrons. The first-order valence-electron chi connectivity index (χ1n) is 9.87. The third-order valence-electron chi connectivity index (χ3n) is 8.37. The molecule has 1 aromatic rings. The first-order chi connectivity index (χ1) is 11.8. The molecule has 0 heterocycles. The Balaban J connectivity index is 1.61. The first-order valence-corrected chi connectivity index (χ1v) is 9.87. The molecule has 3 aliphatic rings. The summed E-state index contributed by atoms with van der Waals surface area (Å²) in [5.41, 5.74) is 0.779. The fourth-order valence-electron chi connectivity index (χ4n) is 6.13. The molecule has 1 N–H and O–H groups in total. The van der Waals surface area contributed by atoms with Crippen molar-refractivity contribution in [3.63, 3.8) is 0 Å². The Labute approximate surface area is 150 Å². The quantitative estimate of drug-likeness (QED) is 0.825. The summed E-state index contributed by atoms with van der Waals surface area (Å²) in [6.45, 7) is 7.10. The van der Waals surface area contributed by atoms with Crippen LogP contribution in [0.2, 0.25) is 0 Å². The molecule has 0 aromatic heterocycles. The summed E-state index contributed by atoms with van der Waals surface area (Å²) in [5.74, 6) is 0.589. The molecular formula is C22H30FNO. The predicted octanol–water partition coefficient (Wildman–Crippen LogP) is 4.97. The lowest BCUT2D eigenvalue weighted by molar-refractivity contribution is -0.128. The van der Waals surface area contributed by atoms with Crippen LogP contribution in [0.15, 0.2) is 24.3 Å². The molecule has 3 aliphatic carbocycles. The standard InChI is InChI=1S/C22H30FNO/c1-20(2)15-9-12-21(20,3)18(14-15)24-19(25)22(10-4-5-11-22)16-7-6-8-17(23)13-16/h6-8,13,15,18H,4-5,9-12,14H2,1-3H3,(H,24,25). The largest absolute Gasteiger partial charge is 0.352 e. The number of nitrogens with one attached hydrogen (secondary N) is 1. The molecule has 1 amide bonds. The SMILES string of the molecule is CC1(C)C2CCC1(C)C(NC(=O)C1(c3cccc(F)c3)CCCC1)C2. The Bertz CT molecular complexity index is 691. The lowest BCUT2D eigenvalue weighted by Gasteiger charge is -2.41. The van der Waals surface area contributed by atoms with Gasteiger partial charge in [0, 0.05) is 6.04 Å². The second kappa shape index (κ2) is 5.56. The van der Waals surface area contributed by atoms with E-state index >= 15 is 0 Å². The topological polar surface area (TPSA) is 29.1 Å². The predicted molar refractivity (Wildman–Crippen MR) is 97.7 cm³/mol. The van der Waals surface area contributed by atoms with Crippen LogP contribution in [0.5, 0.6) is 0 Å². The van der Waals surface area contributed by atoms with Crippen LogP contribution in [-0.4, -0.2) is 11.9 Å². The number of carbonyl (C=O) groups is 1. The van der Waals surface area contributed by atoms with Gasteiger partial charge in [0.05, 0.1) is 5.41 Å². The van der Waals surface area contributed by atoms with Gasteiger partial charge in [-0.25, -0.2) is 4.39 Å². The number of hydrogen-bond acceptors (Lipinski definition) is 1.